The van der Waals surface area contributed by atoms with Gasteiger partial charge in [-0.2, -0.15) is 0 Å². The lowest BCUT2D eigenvalue weighted by atomic mass is 9.86. The molecule has 1 aliphatic carbocycles. The Morgan fingerprint density at radius 3 is 2.89 bits per heavy atom. The number of ether oxygens (including phenoxy) is 1. The van der Waals surface area contributed by atoms with E-state index in [1.165, 1.54) is 17.8 Å². The summed E-state index contributed by atoms with van der Waals surface area (Å²) < 4.78 is 5.35. The number of carbonyl (C=O) groups is 2. The Kier molecular flexibility index (Phi) is 5.07. The highest BCUT2D eigenvalue weighted by Crippen LogP contribution is 2.38. The average molecular weight is 386 g/mol. The highest BCUT2D eigenvalue weighted by molar-refractivity contribution is 7.15. The lowest BCUT2D eigenvalue weighted by Gasteiger charge is -2.21. The molecular formula is C19H22N4O3S. The largest absolute Gasteiger partial charge is 0.496 e. The maximum Gasteiger partial charge on any atom is 0.231 e. The number of nitrogens with one attached hydrogen (secondary N) is 1. The van der Waals surface area contributed by atoms with Crippen molar-refractivity contribution in [3.63, 3.8) is 0 Å². The Bertz CT molecular complexity index is 849. The zero-order chi connectivity index (χ0) is 18.8. The van der Waals surface area contributed by atoms with Gasteiger partial charge in [-0.1, -0.05) is 36.0 Å². The van der Waals surface area contributed by atoms with Gasteiger partial charge in [0, 0.05) is 31.0 Å². The van der Waals surface area contributed by atoms with Gasteiger partial charge >= 0.3 is 0 Å². The molecular weight excluding hydrogens is 364 g/mol. The van der Waals surface area contributed by atoms with Gasteiger partial charge in [0.15, 0.2) is 0 Å². The Hall–Kier alpha value is -2.48. The monoisotopic (exact) mass is 386 g/mol. The summed E-state index contributed by atoms with van der Waals surface area (Å²) in [6, 6.07) is 7.61. The fourth-order valence-electron chi connectivity index (χ4n) is 3.45. The number of aromatic nitrogens is 2. The summed E-state index contributed by atoms with van der Waals surface area (Å²) >= 11 is 1.44. The molecule has 4 rings (SSSR count). The molecule has 1 aromatic carbocycles. The molecule has 27 heavy (non-hydrogen) atoms. The number of rotatable bonds is 6. The van der Waals surface area contributed by atoms with Crippen LogP contribution >= 0.6 is 11.3 Å². The Morgan fingerprint density at radius 1 is 1.33 bits per heavy atom. The van der Waals surface area contributed by atoms with Gasteiger partial charge in [-0.25, -0.2) is 0 Å². The van der Waals surface area contributed by atoms with E-state index in [1.807, 2.05) is 24.3 Å². The van der Waals surface area contributed by atoms with Gasteiger partial charge < -0.3 is 15.0 Å². The van der Waals surface area contributed by atoms with E-state index in [4.69, 9.17) is 4.74 Å². The summed E-state index contributed by atoms with van der Waals surface area (Å²) in [5.74, 6) is 0.687. The molecule has 0 spiro atoms. The Labute approximate surface area is 161 Å². The lowest BCUT2D eigenvalue weighted by Crippen LogP contribution is -2.28. The Morgan fingerprint density at radius 2 is 2.15 bits per heavy atom. The molecule has 7 nitrogen and oxygen atoms in total. The SMILES string of the molecule is COc1ccccc1CN1C[C@H](C(=O)Nc2nnc(C3CCC3)s2)CC1=O. The van der Waals surface area contributed by atoms with Crippen LogP contribution in [0.15, 0.2) is 24.3 Å². The van der Waals surface area contributed by atoms with Crippen LogP contribution in [-0.4, -0.2) is 40.6 Å². The lowest BCUT2D eigenvalue weighted by molar-refractivity contribution is -0.128. The molecule has 142 valence electrons. The summed E-state index contributed by atoms with van der Waals surface area (Å²) in [4.78, 5) is 26.6. The van der Waals surface area contributed by atoms with Gasteiger partial charge in [-0.15, -0.1) is 10.2 Å². The molecule has 2 amide bonds. The van der Waals surface area contributed by atoms with Crippen LogP contribution in [0, 0.1) is 5.92 Å². The maximum absolute atomic E-state index is 12.6. The minimum atomic E-state index is -0.372. The van der Waals surface area contributed by atoms with E-state index in [1.54, 1.807) is 12.0 Å². The van der Waals surface area contributed by atoms with Gasteiger partial charge in [0.2, 0.25) is 16.9 Å². The van der Waals surface area contributed by atoms with Crippen LogP contribution in [0.4, 0.5) is 5.13 Å². The van der Waals surface area contributed by atoms with Crippen molar-refractivity contribution in [1.82, 2.24) is 15.1 Å². The molecule has 1 saturated carbocycles. The first-order valence-electron chi connectivity index (χ1n) is 9.18. The molecule has 0 radical (unpaired) electrons. The highest BCUT2D eigenvalue weighted by atomic mass is 32.1. The molecule has 1 saturated heterocycles. The Balaban J connectivity index is 1.36. The number of anilines is 1. The van der Waals surface area contributed by atoms with Crippen molar-refractivity contribution in [2.24, 2.45) is 5.92 Å². The van der Waals surface area contributed by atoms with Crippen molar-refractivity contribution >= 4 is 28.3 Å². The van der Waals surface area contributed by atoms with Crippen molar-refractivity contribution in [2.75, 3.05) is 19.0 Å². The summed E-state index contributed by atoms with van der Waals surface area (Å²) in [7, 11) is 1.61. The third-order valence-electron chi connectivity index (χ3n) is 5.26. The summed E-state index contributed by atoms with van der Waals surface area (Å²) in [6.07, 6.45) is 3.75. The fourth-order valence-corrected chi connectivity index (χ4v) is 4.37. The van der Waals surface area contributed by atoms with Crippen molar-refractivity contribution in [1.29, 1.82) is 0 Å². The second-order valence-electron chi connectivity index (χ2n) is 7.05. The van der Waals surface area contributed by atoms with Crippen molar-refractivity contribution in [2.45, 2.75) is 38.1 Å². The normalized spacial score (nSPS) is 19.8. The minimum absolute atomic E-state index is 0.0199. The third kappa shape index (κ3) is 3.80. The predicted octanol–water partition coefficient (Wildman–Crippen LogP) is 2.80. The maximum atomic E-state index is 12.6. The minimum Gasteiger partial charge on any atom is -0.496 e. The number of amides is 2. The topological polar surface area (TPSA) is 84.4 Å². The number of benzene rings is 1. The van der Waals surface area contributed by atoms with E-state index in [2.05, 4.69) is 15.5 Å². The third-order valence-corrected chi connectivity index (χ3v) is 6.27. The molecule has 0 unspecified atom stereocenters. The first-order chi connectivity index (χ1) is 13.1. The van der Waals surface area contributed by atoms with Crippen molar-refractivity contribution in [3.8, 4) is 5.75 Å². The van der Waals surface area contributed by atoms with Gasteiger partial charge in [0.05, 0.1) is 13.0 Å². The number of methoxy groups -OCH3 is 1. The summed E-state index contributed by atoms with van der Waals surface area (Å²) in [5.41, 5.74) is 0.934. The molecule has 2 aromatic rings. The first-order valence-corrected chi connectivity index (χ1v) is 9.99. The van der Waals surface area contributed by atoms with Crippen LogP contribution < -0.4 is 10.1 Å². The van der Waals surface area contributed by atoms with Crippen LogP contribution in [0.1, 0.15) is 42.2 Å². The molecule has 8 heteroatoms. The average Bonchev–Trinajstić information content (AvgIpc) is 3.21. The van der Waals surface area contributed by atoms with E-state index in [9.17, 15) is 9.59 Å². The number of likely N-dealkylation sites (tertiary alicyclic amines) is 1. The van der Waals surface area contributed by atoms with Crippen LogP contribution in [0.5, 0.6) is 5.75 Å². The smallest absolute Gasteiger partial charge is 0.231 e. The van der Waals surface area contributed by atoms with Gasteiger partial charge in [0.25, 0.3) is 0 Å². The van der Waals surface area contributed by atoms with E-state index >= 15 is 0 Å². The van der Waals surface area contributed by atoms with Crippen molar-refractivity contribution in [3.05, 3.63) is 34.8 Å². The highest BCUT2D eigenvalue weighted by Gasteiger charge is 2.35. The molecule has 2 fully saturated rings. The molecule has 2 heterocycles. The van der Waals surface area contributed by atoms with Crippen LogP contribution in [0.3, 0.4) is 0 Å². The van der Waals surface area contributed by atoms with Crippen LogP contribution in [0.2, 0.25) is 0 Å². The molecule has 1 atom stereocenters. The predicted molar refractivity (Wildman–Crippen MR) is 102 cm³/mol. The molecule has 1 aromatic heterocycles. The molecule has 2 aliphatic rings. The summed E-state index contributed by atoms with van der Waals surface area (Å²) in [5, 5.41) is 12.6. The van der Waals surface area contributed by atoms with Crippen LogP contribution in [0.25, 0.3) is 0 Å². The fraction of sp³-hybridized carbons (Fsp3) is 0.474. The zero-order valence-electron chi connectivity index (χ0n) is 15.2. The number of hydrogen-bond acceptors (Lipinski definition) is 6. The molecule has 1 aliphatic heterocycles. The number of nitrogens with zero attached hydrogens (tertiary/aromatic N) is 3. The van der Waals surface area contributed by atoms with Gasteiger partial charge in [-0.05, 0) is 18.9 Å². The van der Waals surface area contributed by atoms with Crippen molar-refractivity contribution < 1.29 is 14.3 Å². The number of para-hydroxylation sites is 1. The number of hydrogen-bond donors (Lipinski definition) is 1. The quantitative estimate of drug-likeness (QED) is 0.825. The number of carbonyl (C=O) groups excluding carboxylic acids is 2. The van der Waals surface area contributed by atoms with E-state index in [0.29, 0.717) is 24.1 Å². The standard InChI is InChI=1S/C19H22N4O3S/c1-26-15-8-3-2-5-13(15)10-23-11-14(9-16(23)24)17(25)20-19-22-21-18(27-19)12-6-4-7-12/h2-3,5,8,12,14H,4,6-7,9-11H2,1H3,(H,20,22,25)/t14-/m1/s1. The van der Waals surface area contributed by atoms with E-state index in [-0.39, 0.29) is 24.2 Å². The van der Waals surface area contributed by atoms with Gasteiger partial charge in [-0.3, -0.25) is 9.59 Å². The molecule has 0 bridgehead atoms. The van der Waals surface area contributed by atoms with E-state index < -0.39 is 0 Å². The van der Waals surface area contributed by atoms with Crippen LogP contribution in [-0.2, 0) is 16.1 Å². The second kappa shape index (κ2) is 7.64. The summed E-state index contributed by atoms with van der Waals surface area (Å²) in [6.45, 7) is 0.842. The first kappa shape index (κ1) is 17.9. The van der Waals surface area contributed by atoms with E-state index in [0.717, 1.165) is 29.2 Å². The molecule has 1 N–H and O–H groups in total. The van der Waals surface area contributed by atoms with Gasteiger partial charge in [0.1, 0.15) is 10.8 Å². The second-order valence-corrected chi connectivity index (χ2v) is 8.06. The zero-order valence-corrected chi connectivity index (χ0v) is 16.0.